The number of nitrogens with zero attached hydrogens (tertiary/aromatic N) is 1. The molecule has 2 heterocycles. The summed E-state index contributed by atoms with van der Waals surface area (Å²) in [4.78, 5) is 4.34. The molecule has 5 nitrogen and oxygen atoms in total. The van der Waals surface area contributed by atoms with Gasteiger partial charge in [0.15, 0.2) is 5.96 Å². The molecule has 1 saturated heterocycles. The largest absolute Gasteiger partial charge is 0.493 e. The molecule has 5 heteroatoms. The minimum atomic E-state index is 0.460. The normalized spacial score (nSPS) is 22.6. The molecule has 1 aromatic rings. The summed E-state index contributed by atoms with van der Waals surface area (Å²) in [5.41, 5.74) is 1.29. The molecule has 1 fully saturated rings. The van der Waals surface area contributed by atoms with Crippen LogP contribution in [0, 0.1) is 0 Å². The van der Waals surface area contributed by atoms with Gasteiger partial charge in [0.2, 0.25) is 0 Å². The van der Waals surface area contributed by atoms with E-state index in [0.717, 1.165) is 57.3 Å². The highest BCUT2D eigenvalue weighted by Gasteiger charge is 2.21. The van der Waals surface area contributed by atoms with E-state index >= 15 is 0 Å². The van der Waals surface area contributed by atoms with Crippen LogP contribution in [0.1, 0.15) is 30.7 Å². The molecular weight excluding hydrogens is 278 g/mol. The minimum absolute atomic E-state index is 0.460. The van der Waals surface area contributed by atoms with Crippen molar-refractivity contribution < 1.29 is 9.47 Å². The Balaban J connectivity index is 1.55. The van der Waals surface area contributed by atoms with Crippen molar-refractivity contribution in [2.24, 2.45) is 4.99 Å². The minimum Gasteiger partial charge on any atom is -0.493 e. The molecule has 1 atom stereocenters. The number of hydrogen-bond donors (Lipinski definition) is 2. The van der Waals surface area contributed by atoms with E-state index in [1.807, 2.05) is 13.1 Å². The van der Waals surface area contributed by atoms with E-state index in [4.69, 9.17) is 9.47 Å². The van der Waals surface area contributed by atoms with E-state index in [-0.39, 0.29) is 0 Å². The number of aliphatic imine (C=N–C) groups is 1. The topological polar surface area (TPSA) is 54.9 Å². The molecule has 2 aliphatic heterocycles. The Morgan fingerprint density at radius 1 is 1.18 bits per heavy atom. The van der Waals surface area contributed by atoms with Crippen molar-refractivity contribution in [1.29, 1.82) is 0 Å². The number of guanidine groups is 1. The van der Waals surface area contributed by atoms with Gasteiger partial charge in [-0.15, -0.1) is 0 Å². The van der Waals surface area contributed by atoms with Gasteiger partial charge >= 0.3 is 0 Å². The van der Waals surface area contributed by atoms with Crippen LogP contribution in [0.4, 0.5) is 0 Å². The van der Waals surface area contributed by atoms with Crippen molar-refractivity contribution in [1.82, 2.24) is 10.6 Å². The molecule has 0 radical (unpaired) electrons. The SMILES string of the molecule is CN=C(NCC1CCOc2ccccc21)NC1CCOCC1. The molecule has 0 aromatic heterocycles. The summed E-state index contributed by atoms with van der Waals surface area (Å²) in [7, 11) is 1.83. The maximum absolute atomic E-state index is 5.72. The molecular formula is C17H25N3O2. The van der Waals surface area contributed by atoms with Gasteiger partial charge in [-0.3, -0.25) is 4.99 Å². The molecule has 3 rings (SSSR count). The molecule has 0 saturated carbocycles. The highest BCUT2D eigenvalue weighted by Crippen LogP contribution is 2.32. The summed E-state index contributed by atoms with van der Waals surface area (Å²) in [6.45, 7) is 3.34. The zero-order chi connectivity index (χ0) is 15.2. The molecule has 1 aromatic carbocycles. The van der Waals surface area contributed by atoms with Gasteiger partial charge < -0.3 is 20.1 Å². The van der Waals surface area contributed by atoms with Crippen molar-refractivity contribution in [3.8, 4) is 5.75 Å². The Hall–Kier alpha value is -1.75. The second kappa shape index (κ2) is 7.49. The number of hydrogen-bond acceptors (Lipinski definition) is 3. The van der Waals surface area contributed by atoms with Crippen LogP contribution in [0.5, 0.6) is 5.75 Å². The average Bonchev–Trinajstić information content (AvgIpc) is 2.59. The second-order valence-corrected chi connectivity index (χ2v) is 5.86. The zero-order valence-electron chi connectivity index (χ0n) is 13.2. The lowest BCUT2D eigenvalue weighted by Crippen LogP contribution is -2.46. The first kappa shape index (κ1) is 15.2. The van der Waals surface area contributed by atoms with Crippen LogP contribution in [-0.4, -0.2) is 45.4 Å². The Kier molecular flexibility index (Phi) is 5.16. The predicted molar refractivity (Wildman–Crippen MR) is 87.6 cm³/mol. The number of nitrogens with one attached hydrogen (secondary N) is 2. The van der Waals surface area contributed by atoms with E-state index in [1.54, 1.807) is 0 Å². The number of ether oxygens (including phenoxy) is 2. The van der Waals surface area contributed by atoms with Crippen LogP contribution < -0.4 is 15.4 Å². The van der Waals surface area contributed by atoms with Crippen molar-refractivity contribution in [2.45, 2.75) is 31.2 Å². The van der Waals surface area contributed by atoms with E-state index in [0.29, 0.717) is 12.0 Å². The van der Waals surface area contributed by atoms with Gasteiger partial charge in [0.05, 0.1) is 6.61 Å². The van der Waals surface area contributed by atoms with Crippen LogP contribution in [0.15, 0.2) is 29.3 Å². The Bertz CT molecular complexity index is 512. The summed E-state index contributed by atoms with van der Waals surface area (Å²) in [6, 6.07) is 8.78. The fraction of sp³-hybridized carbons (Fsp3) is 0.588. The first-order valence-corrected chi connectivity index (χ1v) is 8.13. The maximum Gasteiger partial charge on any atom is 0.191 e. The highest BCUT2D eigenvalue weighted by atomic mass is 16.5. The molecule has 2 N–H and O–H groups in total. The number of para-hydroxylation sites is 1. The molecule has 2 aliphatic rings. The Labute approximate surface area is 132 Å². The maximum atomic E-state index is 5.72. The van der Waals surface area contributed by atoms with Crippen LogP contribution in [0.25, 0.3) is 0 Å². The summed E-state index contributed by atoms with van der Waals surface area (Å²) in [5, 5.41) is 6.97. The summed E-state index contributed by atoms with van der Waals surface area (Å²) >= 11 is 0. The third-order valence-electron chi connectivity index (χ3n) is 4.38. The van der Waals surface area contributed by atoms with Crippen molar-refractivity contribution in [2.75, 3.05) is 33.4 Å². The second-order valence-electron chi connectivity index (χ2n) is 5.86. The van der Waals surface area contributed by atoms with E-state index in [1.165, 1.54) is 5.56 Å². The van der Waals surface area contributed by atoms with Gasteiger partial charge in [-0.25, -0.2) is 0 Å². The van der Waals surface area contributed by atoms with Gasteiger partial charge in [-0.1, -0.05) is 18.2 Å². The van der Waals surface area contributed by atoms with Crippen molar-refractivity contribution in [3.05, 3.63) is 29.8 Å². The first-order chi connectivity index (χ1) is 10.9. The smallest absolute Gasteiger partial charge is 0.191 e. The molecule has 0 aliphatic carbocycles. The molecule has 120 valence electrons. The number of rotatable bonds is 3. The summed E-state index contributed by atoms with van der Waals surface area (Å²) < 4.78 is 11.1. The van der Waals surface area contributed by atoms with Crippen molar-refractivity contribution in [3.63, 3.8) is 0 Å². The molecule has 0 bridgehead atoms. The average molecular weight is 303 g/mol. The Morgan fingerprint density at radius 3 is 2.82 bits per heavy atom. The molecule has 1 unspecified atom stereocenters. The van der Waals surface area contributed by atoms with Gasteiger partial charge in [-0.05, 0) is 30.9 Å². The van der Waals surface area contributed by atoms with Gasteiger partial charge in [0.1, 0.15) is 5.75 Å². The zero-order valence-corrected chi connectivity index (χ0v) is 13.2. The summed E-state index contributed by atoms with van der Waals surface area (Å²) in [5.74, 6) is 2.38. The van der Waals surface area contributed by atoms with Gasteiger partial charge in [0, 0.05) is 38.8 Å². The van der Waals surface area contributed by atoms with Crippen LogP contribution >= 0.6 is 0 Å². The fourth-order valence-corrected chi connectivity index (χ4v) is 3.08. The molecule has 0 spiro atoms. The quantitative estimate of drug-likeness (QED) is 0.661. The highest BCUT2D eigenvalue weighted by molar-refractivity contribution is 5.80. The van der Waals surface area contributed by atoms with Crippen molar-refractivity contribution >= 4 is 5.96 Å². The standard InChI is InChI=1S/C17H25N3O2/c1-18-17(20-14-7-9-21-10-8-14)19-12-13-6-11-22-16-5-3-2-4-15(13)16/h2-5,13-14H,6-12H2,1H3,(H2,18,19,20). The van der Waals surface area contributed by atoms with Gasteiger partial charge in [-0.2, -0.15) is 0 Å². The predicted octanol–water partition coefficient (Wildman–Crippen LogP) is 1.90. The fourth-order valence-electron chi connectivity index (χ4n) is 3.08. The van der Waals surface area contributed by atoms with Gasteiger partial charge in [0.25, 0.3) is 0 Å². The lowest BCUT2D eigenvalue weighted by Gasteiger charge is -2.28. The molecule has 22 heavy (non-hydrogen) atoms. The van der Waals surface area contributed by atoms with E-state index in [9.17, 15) is 0 Å². The third kappa shape index (κ3) is 3.71. The van der Waals surface area contributed by atoms with E-state index in [2.05, 4.69) is 33.8 Å². The molecule has 0 amide bonds. The lowest BCUT2D eigenvalue weighted by molar-refractivity contribution is 0.0822. The first-order valence-electron chi connectivity index (χ1n) is 8.13. The number of fused-ring (bicyclic) bond motifs is 1. The van der Waals surface area contributed by atoms with Crippen LogP contribution in [0.3, 0.4) is 0 Å². The monoisotopic (exact) mass is 303 g/mol. The van der Waals surface area contributed by atoms with Crippen LogP contribution in [0.2, 0.25) is 0 Å². The van der Waals surface area contributed by atoms with Crippen LogP contribution in [-0.2, 0) is 4.74 Å². The summed E-state index contributed by atoms with van der Waals surface area (Å²) in [6.07, 6.45) is 3.12. The Morgan fingerprint density at radius 2 is 2.00 bits per heavy atom. The number of benzene rings is 1. The lowest BCUT2D eigenvalue weighted by atomic mass is 9.93. The third-order valence-corrected chi connectivity index (χ3v) is 4.38. The van der Waals surface area contributed by atoms with E-state index < -0.39 is 0 Å².